The lowest BCUT2D eigenvalue weighted by Crippen LogP contribution is -2.64. The number of nitrogens with zero attached hydrogens (tertiary/aromatic N) is 3. The van der Waals surface area contributed by atoms with Crippen LogP contribution in [0, 0.1) is 0 Å². The van der Waals surface area contributed by atoms with Crippen molar-refractivity contribution in [3.05, 3.63) is 58.1 Å². The molecule has 1 aromatic carbocycles. The minimum Gasteiger partial charge on any atom is -0.383 e. The molecular formula is C20H26N4O4. The smallest absolute Gasteiger partial charge is 0.292 e. The predicted octanol–water partition coefficient (Wildman–Crippen LogP) is 0.318. The van der Waals surface area contributed by atoms with Gasteiger partial charge < -0.3 is 19.4 Å². The molecule has 0 saturated carbocycles. The number of nitrogens with one attached hydrogen (secondary N) is 1. The monoisotopic (exact) mass is 386 g/mol. The van der Waals surface area contributed by atoms with Crippen LogP contribution in [0.1, 0.15) is 22.5 Å². The molecule has 1 amide bonds. The quantitative estimate of drug-likeness (QED) is 0.789. The van der Waals surface area contributed by atoms with Gasteiger partial charge >= 0.3 is 0 Å². The first kappa shape index (κ1) is 18.9. The van der Waals surface area contributed by atoms with Crippen molar-refractivity contribution in [3.63, 3.8) is 0 Å². The molecule has 2 aliphatic rings. The van der Waals surface area contributed by atoms with Crippen molar-refractivity contribution in [1.82, 2.24) is 19.9 Å². The molecule has 28 heavy (non-hydrogen) atoms. The summed E-state index contributed by atoms with van der Waals surface area (Å²) in [5, 5.41) is 13.9. The second-order valence-corrected chi connectivity index (χ2v) is 7.72. The first-order chi connectivity index (χ1) is 13.5. The summed E-state index contributed by atoms with van der Waals surface area (Å²) in [5.41, 5.74) is -0.594. The van der Waals surface area contributed by atoms with Gasteiger partial charge in [-0.1, -0.05) is 30.3 Å². The predicted molar refractivity (Wildman–Crippen MR) is 103 cm³/mol. The Bertz CT molecular complexity index is 872. The van der Waals surface area contributed by atoms with E-state index in [1.54, 1.807) is 4.90 Å². The minimum absolute atomic E-state index is 0.00674. The molecule has 0 radical (unpaired) electrons. The second-order valence-electron chi connectivity index (χ2n) is 7.72. The van der Waals surface area contributed by atoms with Crippen LogP contribution < -0.4 is 5.56 Å². The topological polar surface area (TPSA) is 93.0 Å². The molecule has 2 saturated heterocycles. The number of aliphatic hydroxyl groups is 1. The molecule has 2 aliphatic heterocycles. The number of carbonyl (C=O) groups is 1. The number of aromatic amines is 1. The molecule has 150 valence electrons. The number of benzene rings is 1. The number of amides is 1. The van der Waals surface area contributed by atoms with Gasteiger partial charge in [0.1, 0.15) is 5.60 Å². The molecule has 1 aromatic heterocycles. The van der Waals surface area contributed by atoms with Gasteiger partial charge in [-0.25, -0.2) is 0 Å². The van der Waals surface area contributed by atoms with Crippen LogP contribution in [-0.2, 0) is 5.60 Å². The van der Waals surface area contributed by atoms with Crippen molar-refractivity contribution in [2.75, 3.05) is 46.3 Å². The maximum absolute atomic E-state index is 12.8. The Kier molecular flexibility index (Phi) is 5.09. The summed E-state index contributed by atoms with van der Waals surface area (Å²) in [6, 6.07) is 10.6. The Labute approximate surface area is 163 Å². The third-order valence-electron chi connectivity index (χ3n) is 5.98. The number of H-pyrrole nitrogens is 1. The Hall–Kier alpha value is -2.42. The Morgan fingerprint density at radius 1 is 1.18 bits per heavy atom. The van der Waals surface area contributed by atoms with Crippen molar-refractivity contribution < 1.29 is 14.4 Å². The van der Waals surface area contributed by atoms with Crippen LogP contribution in [0.2, 0.25) is 0 Å². The first-order valence-corrected chi connectivity index (χ1v) is 9.65. The van der Waals surface area contributed by atoms with E-state index in [9.17, 15) is 14.7 Å². The van der Waals surface area contributed by atoms with E-state index in [4.69, 9.17) is 4.52 Å². The van der Waals surface area contributed by atoms with E-state index in [1.807, 2.05) is 30.3 Å². The van der Waals surface area contributed by atoms with Crippen LogP contribution in [0.15, 0.2) is 45.7 Å². The molecule has 4 rings (SSSR count). The molecule has 8 heteroatoms. The van der Waals surface area contributed by atoms with Crippen molar-refractivity contribution in [1.29, 1.82) is 0 Å². The number of piperidine rings is 1. The van der Waals surface area contributed by atoms with Gasteiger partial charge in [-0.15, -0.1) is 0 Å². The summed E-state index contributed by atoms with van der Waals surface area (Å²) in [4.78, 5) is 30.4. The van der Waals surface area contributed by atoms with Gasteiger partial charge in [-0.2, -0.15) is 5.16 Å². The lowest BCUT2D eigenvalue weighted by molar-refractivity contribution is -0.101. The summed E-state index contributed by atoms with van der Waals surface area (Å²) < 4.78 is 5.00. The maximum atomic E-state index is 12.8. The Morgan fingerprint density at radius 2 is 1.89 bits per heavy atom. The van der Waals surface area contributed by atoms with E-state index in [1.165, 1.54) is 6.07 Å². The van der Waals surface area contributed by atoms with Crippen LogP contribution in [0.25, 0.3) is 0 Å². The molecule has 0 bridgehead atoms. The Morgan fingerprint density at radius 3 is 2.54 bits per heavy atom. The van der Waals surface area contributed by atoms with Crippen molar-refractivity contribution in [2.24, 2.45) is 0 Å². The van der Waals surface area contributed by atoms with Crippen molar-refractivity contribution in [3.8, 4) is 0 Å². The molecule has 0 spiro atoms. The molecular weight excluding hydrogens is 360 g/mol. The molecule has 2 atom stereocenters. The highest BCUT2D eigenvalue weighted by Gasteiger charge is 2.47. The third kappa shape index (κ3) is 3.50. The fraction of sp³-hybridized carbons (Fsp3) is 0.500. The first-order valence-electron chi connectivity index (χ1n) is 9.65. The highest BCUT2D eigenvalue weighted by molar-refractivity contribution is 5.91. The largest absolute Gasteiger partial charge is 0.383 e. The van der Waals surface area contributed by atoms with Gasteiger partial charge in [-0.3, -0.25) is 14.5 Å². The molecule has 8 nitrogen and oxygen atoms in total. The summed E-state index contributed by atoms with van der Waals surface area (Å²) in [5.74, 6) is -0.320. The fourth-order valence-electron chi connectivity index (χ4n) is 4.27. The van der Waals surface area contributed by atoms with E-state index in [-0.39, 0.29) is 17.7 Å². The maximum Gasteiger partial charge on any atom is 0.292 e. The molecule has 0 aliphatic carbocycles. The van der Waals surface area contributed by atoms with Gasteiger partial charge in [0.05, 0.1) is 12.1 Å². The number of rotatable bonds is 3. The molecule has 3 heterocycles. The average Bonchev–Trinajstić information content (AvgIpc) is 3.16. The number of hydrogen-bond donors (Lipinski definition) is 2. The zero-order valence-corrected chi connectivity index (χ0v) is 16.0. The molecule has 2 N–H and O–H groups in total. The number of hydrogen-bond acceptors (Lipinski definition) is 6. The standard InChI is InChI=1S/C20H26N4O4/c1-22-9-11-23(12-10-22)17-14-24(19(26)16-13-18(25)21-28-16)8-7-20(17,27)15-5-3-2-4-6-15/h2-6,13,17,27H,7-12,14H2,1H3,(H,21,25)/t17-,20+/m1/s1. The third-order valence-corrected chi connectivity index (χ3v) is 5.98. The number of aromatic nitrogens is 1. The lowest BCUT2D eigenvalue weighted by atomic mass is 9.79. The van der Waals surface area contributed by atoms with Gasteiger partial charge in [0, 0.05) is 39.3 Å². The van der Waals surface area contributed by atoms with Crippen LogP contribution in [0.4, 0.5) is 0 Å². The summed E-state index contributed by atoms with van der Waals surface area (Å²) >= 11 is 0. The minimum atomic E-state index is -1.03. The van der Waals surface area contributed by atoms with Gasteiger partial charge in [0.2, 0.25) is 5.76 Å². The van der Waals surface area contributed by atoms with E-state index in [2.05, 4.69) is 22.0 Å². The van der Waals surface area contributed by atoms with Gasteiger partial charge in [0.15, 0.2) is 0 Å². The van der Waals surface area contributed by atoms with Gasteiger partial charge in [-0.05, 0) is 19.0 Å². The highest BCUT2D eigenvalue weighted by Crippen LogP contribution is 2.36. The SMILES string of the molecule is CN1CCN([C@@H]2CN(C(=O)c3cc(=O)[nH]o3)CC[C@]2(O)c2ccccc2)CC1. The summed E-state index contributed by atoms with van der Waals surface area (Å²) in [6.45, 7) is 4.27. The lowest BCUT2D eigenvalue weighted by Gasteiger charge is -2.51. The van der Waals surface area contributed by atoms with E-state index in [0.29, 0.717) is 19.5 Å². The fourth-order valence-corrected chi connectivity index (χ4v) is 4.27. The number of piperazine rings is 1. The average molecular weight is 386 g/mol. The van der Waals surface area contributed by atoms with Gasteiger partial charge in [0.25, 0.3) is 11.5 Å². The normalized spacial score (nSPS) is 27.1. The summed E-state index contributed by atoms with van der Waals surface area (Å²) in [6.07, 6.45) is 0.425. The zero-order valence-electron chi connectivity index (χ0n) is 16.0. The molecule has 0 unspecified atom stereocenters. The summed E-state index contributed by atoms with van der Waals surface area (Å²) in [7, 11) is 2.09. The van der Waals surface area contributed by atoms with Crippen molar-refractivity contribution >= 4 is 5.91 Å². The zero-order chi connectivity index (χ0) is 19.7. The van der Waals surface area contributed by atoms with Crippen LogP contribution >= 0.6 is 0 Å². The van der Waals surface area contributed by atoms with Crippen molar-refractivity contribution in [2.45, 2.75) is 18.1 Å². The molecule has 2 fully saturated rings. The number of likely N-dealkylation sites (tertiary alicyclic amines) is 1. The van der Waals surface area contributed by atoms with Crippen LogP contribution in [0.3, 0.4) is 0 Å². The Balaban J connectivity index is 1.62. The number of carbonyl (C=O) groups excluding carboxylic acids is 1. The molecule has 2 aromatic rings. The van der Waals surface area contributed by atoms with E-state index < -0.39 is 11.2 Å². The van der Waals surface area contributed by atoms with Crippen LogP contribution in [0.5, 0.6) is 0 Å². The highest BCUT2D eigenvalue weighted by atomic mass is 16.5. The van der Waals surface area contributed by atoms with Crippen LogP contribution in [-0.4, -0.2) is 83.2 Å². The van der Waals surface area contributed by atoms with E-state index in [0.717, 1.165) is 31.7 Å². The van der Waals surface area contributed by atoms with E-state index >= 15 is 0 Å². The number of likely N-dealkylation sites (N-methyl/N-ethyl adjacent to an activating group) is 1. The second kappa shape index (κ2) is 7.54.